The zero-order chi connectivity index (χ0) is 10.1. The van der Waals surface area contributed by atoms with Crippen LogP contribution in [0, 0.1) is 6.92 Å². The van der Waals surface area contributed by atoms with Crippen molar-refractivity contribution in [3.63, 3.8) is 0 Å². The van der Waals surface area contributed by atoms with E-state index >= 15 is 0 Å². The van der Waals surface area contributed by atoms with E-state index in [-0.39, 0.29) is 0 Å². The van der Waals surface area contributed by atoms with Crippen molar-refractivity contribution in [2.75, 3.05) is 6.54 Å². The summed E-state index contributed by atoms with van der Waals surface area (Å²) in [6.07, 6.45) is 0. The second-order valence-corrected chi connectivity index (χ2v) is 4.50. The third-order valence-electron chi connectivity index (χ3n) is 2.24. The maximum absolute atomic E-state index is 6.06. The molecule has 3 heteroatoms. The molecule has 1 atom stereocenters. The first kappa shape index (κ1) is 10.7. The normalized spacial score (nSPS) is 15.5. The van der Waals surface area contributed by atoms with E-state index in [1.54, 1.807) is 0 Å². The summed E-state index contributed by atoms with van der Waals surface area (Å²) in [5.74, 6) is 0. The van der Waals surface area contributed by atoms with Crippen molar-refractivity contribution in [1.29, 1.82) is 0 Å². The van der Waals surface area contributed by atoms with Crippen LogP contribution in [-0.2, 0) is 5.54 Å². The molecule has 1 aromatic carbocycles. The first-order valence-electron chi connectivity index (χ1n) is 4.23. The Morgan fingerprint density at radius 2 is 2.08 bits per heavy atom. The van der Waals surface area contributed by atoms with Gasteiger partial charge in [-0.1, -0.05) is 22.0 Å². The fourth-order valence-corrected chi connectivity index (χ4v) is 1.68. The molecule has 2 nitrogen and oxygen atoms in total. The number of hydrogen-bond donors (Lipinski definition) is 2. The van der Waals surface area contributed by atoms with Crippen molar-refractivity contribution in [3.05, 3.63) is 33.8 Å². The van der Waals surface area contributed by atoms with Gasteiger partial charge in [0.25, 0.3) is 0 Å². The summed E-state index contributed by atoms with van der Waals surface area (Å²) in [5, 5.41) is 0. The molecule has 0 aliphatic rings. The van der Waals surface area contributed by atoms with Crippen LogP contribution in [0.1, 0.15) is 18.1 Å². The van der Waals surface area contributed by atoms with Gasteiger partial charge in [-0.3, -0.25) is 0 Å². The third kappa shape index (κ3) is 2.30. The Morgan fingerprint density at radius 1 is 1.46 bits per heavy atom. The Balaban J connectivity index is 3.20. The van der Waals surface area contributed by atoms with E-state index in [2.05, 4.69) is 15.9 Å². The van der Waals surface area contributed by atoms with Gasteiger partial charge in [-0.25, -0.2) is 0 Å². The quantitative estimate of drug-likeness (QED) is 0.833. The topological polar surface area (TPSA) is 52.0 Å². The molecule has 0 amide bonds. The van der Waals surface area contributed by atoms with Gasteiger partial charge in [0, 0.05) is 11.0 Å². The van der Waals surface area contributed by atoms with Crippen molar-refractivity contribution < 1.29 is 0 Å². The molecule has 0 radical (unpaired) electrons. The number of benzene rings is 1. The molecule has 0 spiro atoms. The highest BCUT2D eigenvalue weighted by molar-refractivity contribution is 9.10. The maximum atomic E-state index is 6.06. The van der Waals surface area contributed by atoms with Crippen LogP contribution in [-0.4, -0.2) is 6.54 Å². The van der Waals surface area contributed by atoms with Gasteiger partial charge in [-0.15, -0.1) is 0 Å². The molecule has 0 saturated heterocycles. The molecule has 0 bridgehead atoms. The summed E-state index contributed by atoms with van der Waals surface area (Å²) < 4.78 is 1.04. The van der Waals surface area contributed by atoms with Crippen molar-refractivity contribution >= 4 is 15.9 Å². The van der Waals surface area contributed by atoms with Crippen LogP contribution >= 0.6 is 15.9 Å². The average Bonchev–Trinajstić information content (AvgIpc) is 2.09. The Morgan fingerprint density at radius 3 is 2.62 bits per heavy atom. The summed E-state index contributed by atoms with van der Waals surface area (Å²) in [7, 11) is 0. The molecule has 0 aromatic heterocycles. The van der Waals surface area contributed by atoms with Crippen LogP contribution < -0.4 is 11.5 Å². The second-order valence-electron chi connectivity index (χ2n) is 3.58. The molecule has 0 aliphatic carbocycles. The van der Waals surface area contributed by atoms with Crippen molar-refractivity contribution in [2.45, 2.75) is 19.4 Å². The van der Waals surface area contributed by atoms with Crippen molar-refractivity contribution in [2.24, 2.45) is 11.5 Å². The highest BCUT2D eigenvalue weighted by atomic mass is 79.9. The lowest BCUT2D eigenvalue weighted by atomic mass is 9.90. The average molecular weight is 243 g/mol. The fraction of sp³-hybridized carbons (Fsp3) is 0.400. The Labute approximate surface area is 87.4 Å². The largest absolute Gasteiger partial charge is 0.328 e. The van der Waals surface area contributed by atoms with Gasteiger partial charge in [-0.05, 0) is 37.1 Å². The van der Waals surface area contributed by atoms with Crippen LogP contribution in [0.15, 0.2) is 22.7 Å². The lowest BCUT2D eigenvalue weighted by Gasteiger charge is -2.25. The van der Waals surface area contributed by atoms with E-state index in [1.165, 1.54) is 5.56 Å². The molecule has 4 N–H and O–H groups in total. The minimum Gasteiger partial charge on any atom is -0.328 e. The highest BCUT2D eigenvalue weighted by Gasteiger charge is 2.20. The summed E-state index contributed by atoms with van der Waals surface area (Å²) in [5.41, 5.74) is 13.5. The van der Waals surface area contributed by atoms with Gasteiger partial charge >= 0.3 is 0 Å². The van der Waals surface area contributed by atoms with Crippen LogP contribution in [0.25, 0.3) is 0 Å². The van der Waals surface area contributed by atoms with Crippen LogP contribution in [0.3, 0.4) is 0 Å². The zero-order valence-corrected chi connectivity index (χ0v) is 9.56. The minimum absolute atomic E-state index is 0.437. The number of halogens is 1. The number of rotatable bonds is 2. The zero-order valence-electron chi connectivity index (χ0n) is 7.97. The summed E-state index contributed by atoms with van der Waals surface area (Å²) in [6.45, 7) is 4.44. The maximum Gasteiger partial charge on any atom is 0.0508 e. The Kier molecular flexibility index (Phi) is 3.11. The monoisotopic (exact) mass is 242 g/mol. The standard InChI is InChI=1S/C10H15BrN2/c1-7-3-4-8(11)5-9(7)10(2,13)6-12/h3-5H,6,12-13H2,1-2H3. The van der Waals surface area contributed by atoms with Gasteiger partial charge in [0.15, 0.2) is 0 Å². The van der Waals surface area contributed by atoms with Crippen LogP contribution in [0.2, 0.25) is 0 Å². The van der Waals surface area contributed by atoms with Gasteiger partial charge in [-0.2, -0.15) is 0 Å². The van der Waals surface area contributed by atoms with Crippen LogP contribution in [0.4, 0.5) is 0 Å². The number of aryl methyl sites for hydroxylation is 1. The molecule has 1 aromatic rings. The molecule has 1 rings (SSSR count). The summed E-state index contributed by atoms with van der Waals surface area (Å²) in [6, 6.07) is 6.08. The smallest absolute Gasteiger partial charge is 0.0508 e. The Bertz CT molecular complexity index is 308. The lowest BCUT2D eigenvalue weighted by Crippen LogP contribution is -2.41. The van der Waals surface area contributed by atoms with E-state index < -0.39 is 5.54 Å². The van der Waals surface area contributed by atoms with Gasteiger partial charge < -0.3 is 11.5 Å². The molecule has 1 unspecified atom stereocenters. The predicted molar refractivity (Wildman–Crippen MR) is 59.5 cm³/mol. The van der Waals surface area contributed by atoms with Crippen molar-refractivity contribution in [3.8, 4) is 0 Å². The van der Waals surface area contributed by atoms with E-state index in [4.69, 9.17) is 11.5 Å². The van der Waals surface area contributed by atoms with Crippen molar-refractivity contribution in [1.82, 2.24) is 0 Å². The molecular formula is C10H15BrN2. The van der Waals surface area contributed by atoms with Gasteiger partial charge in [0.1, 0.15) is 0 Å². The van der Waals surface area contributed by atoms with Crippen LogP contribution in [0.5, 0.6) is 0 Å². The molecule has 0 aliphatic heterocycles. The number of nitrogens with two attached hydrogens (primary N) is 2. The molecule has 13 heavy (non-hydrogen) atoms. The highest BCUT2D eigenvalue weighted by Crippen LogP contribution is 2.24. The first-order valence-corrected chi connectivity index (χ1v) is 5.02. The molecule has 0 saturated carbocycles. The fourth-order valence-electron chi connectivity index (χ4n) is 1.32. The predicted octanol–water partition coefficient (Wildman–Crippen LogP) is 1.89. The second kappa shape index (κ2) is 3.78. The third-order valence-corrected chi connectivity index (χ3v) is 2.73. The first-order chi connectivity index (χ1) is 5.97. The molecular weight excluding hydrogens is 228 g/mol. The minimum atomic E-state index is -0.437. The molecule has 0 heterocycles. The van der Waals surface area contributed by atoms with Gasteiger partial charge in [0.2, 0.25) is 0 Å². The SMILES string of the molecule is Cc1ccc(Br)cc1C(C)(N)CN. The summed E-state index contributed by atoms with van der Waals surface area (Å²) >= 11 is 3.42. The number of hydrogen-bond acceptors (Lipinski definition) is 2. The van der Waals surface area contributed by atoms with E-state index in [1.807, 2.05) is 32.0 Å². The summed E-state index contributed by atoms with van der Waals surface area (Å²) in [4.78, 5) is 0. The Hall–Kier alpha value is -0.380. The van der Waals surface area contributed by atoms with E-state index in [0.717, 1.165) is 10.0 Å². The lowest BCUT2D eigenvalue weighted by molar-refractivity contribution is 0.504. The van der Waals surface area contributed by atoms with E-state index in [9.17, 15) is 0 Å². The van der Waals surface area contributed by atoms with E-state index in [0.29, 0.717) is 6.54 Å². The molecule has 72 valence electrons. The van der Waals surface area contributed by atoms with Gasteiger partial charge in [0.05, 0.1) is 5.54 Å². The molecule has 0 fully saturated rings.